The van der Waals surface area contributed by atoms with Crippen LogP contribution in [0.4, 0.5) is 16.2 Å². The summed E-state index contributed by atoms with van der Waals surface area (Å²) < 4.78 is 0. The summed E-state index contributed by atoms with van der Waals surface area (Å²) in [6.45, 7) is 5.99. The van der Waals surface area contributed by atoms with Crippen molar-refractivity contribution in [3.8, 4) is 0 Å². The van der Waals surface area contributed by atoms with E-state index in [1.54, 1.807) is 24.3 Å². The molecule has 0 unspecified atom stereocenters. The van der Waals surface area contributed by atoms with Crippen LogP contribution in [0.5, 0.6) is 0 Å². The van der Waals surface area contributed by atoms with Crippen molar-refractivity contribution in [3.05, 3.63) is 59.7 Å². The van der Waals surface area contributed by atoms with Gasteiger partial charge in [0.2, 0.25) is 0 Å². The van der Waals surface area contributed by atoms with E-state index in [4.69, 9.17) is 5.11 Å². The zero-order valence-electron chi connectivity index (χ0n) is 12.7. The molecule has 4 nitrogen and oxygen atoms in total. The van der Waals surface area contributed by atoms with Crippen molar-refractivity contribution in [2.75, 3.05) is 10.6 Å². The number of amides is 2. The lowest BCUT2D eigenvalue weighted by Crippen LogP contribution is -2.19. The molecule has 112 valence electrons. The zero-order chi connectivity index (χ0) is 15.7. The predicted octanol–water partition coefficient (Wildman–Crippen LogP) is 4.16. The molecule has 0 bridgehead atoms. The molecule has 2 amide bonds. The fourth-order valence-corrected chi connectivity index (χ4v) is 1.62. The number of anilines is 2. The molecule has 2 aromatic rings. The van der Waals surface area contributed by atoms with Crippen molar-refractivity contribution in [3.63, 3.8) is 0 Å². The third-order valence-corrected chi connectivity index (χ3v) is 2.70. The second kappa shape index (κ2) is 8.76. The second-order valence-electron chi connectivity index (χ2n) is 4.30. The van der Waals surface area contributed by atoms with Gasteiger partial charge in [-0.2, -0.15) is 0 Å². The number of aliphatic hydroxyl groups is 1. The van der Waals surface area contributed by atoms with E-state index >= 15 is 0 Å². The number of aliphatic hydroxyl groups excluding tert-OH is 1. The third kappa shape index (κ3) is 5.67. The Morgan fingerprint density at radius 1 is 0.905 bits per heavy atom. The Labute approximate surface area is 125 Å². The lowest BCUT2D eigenvalue weighted by molar-refractivity contribution is 0.262. The average molecular weight is 286 g/mol. The van der Waals surface area contributed by atoms with Crippen LogP contribution in [-0.4, -0.2) is 11.1 Å². The number of carbonyl (C=O) groups excluding carboxylic acids is 1. The monoisotopic (exact) mass is 286 g/mol. The van der Waals surface area contributed by atoms with E-state index in [0.29, 0.717) is 5.69 Å². The van der Waals surface area contributed by atoms with Gasteiger partial charge in [-0.1, -0.05) is 43.7 Å². The summed E-state index contributed by atoms with van der Waals surface area (Å²) in [6.07, 6.45) is 0. The number of hydrogen-bond acceptors (Lipinski definition) is 2. The van der Waals surface area contributed by atoms with Crippen LogP contribution in [-0.2, 0) is 6.61 Å². The Kier molecular flexibility index (Phi) is 6.98. The van der Waals surface area contributed by atoms with Crippen LogP contribution in [0.2, 0.25) is 0 Å². The number of hydrogen-bond donors (Lipinski definition) is 3. The molecule has 0 heterocycles. The van der Waals surface area contributed by atoms with Gasteiger partial charge >= 0.3 is 6.03 Å². The summed E-state index contributed by atoms with van der Waals surface area (Å²) in [6, 6.07) is 14.3. The number of carbonyl (C=O) groups is 1. The molecular weight excluding hydrogens is 264 g/mol. The number of nitrogens with one attached hydrogen (secondary N) is 2. The molecule has 0 aromatic heterocycles. The largest absolute Gasteiger partial charge is 0.392 e. The molecule has 3 N–H and O–H groups in total. The van der Waals surface area contributed by atoms with Gasteiger partial charge in [-0.15, -0.1) is 0 Å². The van der Waals surface area contributed by atoms with Gasteiger partial charge in [0.15, 0.2) is 0 Å². The summed E-state index contributed by atoms with van der Waals surface area (Å²) in [5.41, 5.74) is 3.38. The summed E-state index contributed by atoms with van der Waals surface area (Å²) in [7, 11) is 0. The lowest BCUT2D eigenvalue weighted by Gasteiger charge is -2.08. The molecule has 21 heavy (non-hydrogen) atoms. The lowest BCUT2D eigenvalue weighted by atomic mass is 10.2. The maximum absolute atomic E-state index is 11.7. The Hall–Kier alpha value is -2.33. The quantitative estimate of drug-likeness (QED) is 0.793. The van der Waals surface area contributed by atoms with Gasteiger partial charge in [0.05, 0.1) is 6.61 Å². The zero-order valence-corrected chi connectivity index (χ0v) is 12.7. The summed E-state index contributed by atoms with van der Waals surface area (Å²) >= 11 is 0. The summed E-state index contributed by atoms with van der Waals surface area (Å²) in [5.74, 6) is 0. The highest BCUT2D eigenvalue weighted by molar-refractivity contribution is 5.99. The first-order chi connectivity index (χ1) is 10.2. The highest BCUT2D eigenvalue weighted by Gasteiger charge is 2.02. The molecule has 2 aromatic carbocycles. The Morgan fingerprint density at radius 3 is 1.76 bits per heavy atom. The molecule has 0 fully saturated rings. The van der Waals surface area contributed by atoms with E-state index in [1.165, 1.54) is 0 Å². The molecule has 2 rings (SSSR count). The Bertz CT molecular complexity index is 548. The van der Waals surface area contributed by atoms with Gasteiger partial charge in [-0.3, -0.25) is 0 Å². The van der Waals surface area contributed by atoms with Gasteiger partial charge < -0.3 is 15.7 Å². The predicted molar refractivity (Wildman–Crippen MR) is 87.5 cm³/mol. The molecule has 0 aliphatic carbocycles. The average Bonchev–Trinajstić information content (AvgIpc) is 2.52. The maximum Gasteiger partial charge on any atom is 0.323 e. The van der Waals surface area contributed by atoms with Crippen LogP contribution in [0, 0.1) is 6.92 Å². The van der Waals surface area contributed by atoms with Gasteiger partial charge in [0.1, 0.15) is 0 Å². The molecular formula is C17H22N2O2. The van der Waals surface area contributed by atoms with E-state index in [-0.39, 0.29) is 12.6 Å². The van der Waals surface area contributed by atoms with E-state index in [9.17, 15) is 4.79 Å². The van der Waals surface area contributed by atoms with E-state index in [2.05, 4.69) is 10.6 Å². The number of benzene rings is 2. The standard InChI is InChI=1S/C15H16N2O2.C2H6/c1-11-2-6-13(7-3-11)16-15(19)17-14-8-4-12(10-18)5-9-14;1-2/h2-9,18H,10H2,1H3,(H2,16,17,19);1-2H3. The SMILES string of the molecule is CC.Cc1ccc(NC(=O)Nc2ccc(CO)cc2)cc1. The molecule has 4 heteroatoms. The maximum atomic E-state index is 11.7. The van der Waals surface area contributed by atoms with Gasteiger partial charge in [0, 0.05) is 11.4 Å². The smallest absolute Gasteiger partial charge is 0.323 e. The first-order valence-electron chi connectivity index (χ1n) is 7.02. The third-order valence-electron chi connectivity index (χ3n) is 2.70. The van der Waals surface area contributed by atoms with Crippen molar-refractivity contribution in [2.45, 2.75) is 27.4 Å². The second-order valence-corrected chi connectivity index (χ2v) is 4.30. The van der Waals surface area contributed by atoms with Crippen molar-refractivity contribution in [2.24, 2.45) is 0 Å². The van der Waals surface area contributed by atoms with Crippen LogP contribution in [0.3, 0.4) is 0 Å². The molecule has 0 spiro atoms. The number of aryl methyl sites for hydroxylation is 1. The minimum absolute atomic E-state index is 0.00412. The fourth-order valence-electron chi connectivity index (χ4n) is 1.62. The molecule has 0 radical (unpaired) electrons. The van der Waals surface area contributed by atoms with Crippen molar-refractivity contribution >= 4 is 17.4 Å². The summed E-state index contributed by atoms with van der Waals surface area (Å²) in [5, 5.41) is 14.4. The molecule has 0 aliphatic rings. The Morgan fingerprint density at radius 2 is 1.33 bits per heavy atom. The fraction of sp³-hybridized carbons (Fsp3) is 0.235. The van der Waals surface area contributed by atoms with E-state index < -0.39 is 0 Å². The van der Waals surface area contributed by atoms with Gasteiger partial charge in [-0.25, -0.2) is 4.79 Å². The van der Waals surface area contributed by atoms with Crippen molar-refractivity contribution in [1.82, 2.24) is 0 Å². The first kappa shape index (κ1) is 16.7. The van der Waals surface area contributed by atoms with Crippen LogP contribution in [0.1, 0.15) is 25.0 Å². The van der Waals surface area contributed by atoms with Gasteiger partial charge in [0.25, 0.3) is 0 Å². The minimum atomic E-state index is -0.291. The van der Waals surface area contributed by atoms with Crippen LogP contribution in [0.15, 0.2) is 48.5 Å². The number of rotatable bonds is 3. The topological polar surface area (TPSA) is 61.4 Å². The molecule has 0 saturated heterocycles. The van der Waals surface area contributed by atoms with Crippen molar-refractivity contribution in [1.29, 1.82) is 0 Å². The van der Waals surface area contributed by atoms with E-state index in [1.807, 2.05) is 45.0 Å². The first-order valence-corrected chi connectivity index (χ1v) is 7.02. The van der Waals surface area contributed by atoms with Crippen LogP contribution in [0.25, 0.3) is 0 Å². The molecule has 0 saturated carbocycles. The van der Waals surface area contributed by atoms with Crippen LogP contribution < -0.4 is 10.6 Å². The normalized spacial score (nSPS) is 9.33. The van der Waals surface area contributed by atoms with Crippen LogP contribution >= 0.6 is 0 Å². The molecule has 0 atom stereocenters. The number of urea groups is 1. The summed E-state index contributed by atoms with van der Waals surface area (Å²) in [4.78, 5) is 11.7. The van der Waals surface area contributed by atoms with Crippen molar-refractivity contribution < 1.29 is 9.90 Å². The minimum Gasteiger partial charge on any atom is -0.392 e. The van der Waals surface area contributed by atoms with Gasteiger partial charge in [-0.05, 0) is 36.8 Å². The molecule has 0 aliphatic heterocycles. The van der Waals surface area contributed by atoms with E-state index in [0.717, 1.165) is 16.8 Å². The highest BCUT2D eigenvalue weighted by Crippen LogP contribution is 2.12. The Balaban J connectivity index is 0.00000106. The highest BCUT2D eigenvalue weighted by atomic mass is 16.3.